The maximum atomic E-state index is 14.2. The number of hydrogen-bond acceptors (Lipinski definition) is 4. The number of hydrogen-bond donors (Lipinski definition) is 1. The van der Waals surface area contributed by atoms with Crippen LogP contribution in [0.3, 0.4) is 0 Å². The predicted octanol–water partition coefficient (Wildman–Crippen LogP) is 7.24. The Balaban J connectivity index is 1.41. The van der Waals surface area contributed by atoms with Gasteiger partial charge in [-0.15, -0.1) is 0 Å². The van der Waals surface area contributed by atoms with Crippen molar-refractivity contribution in [3.05, 3.63) is 70.7 Å². The number of unbranched alkanes of at least 4 members (excludes halogenated alkanes) is 1. The zero-order chi connectivity index (χ0) is 29.6. The fraction of sp³-hybridized carbons (Fsp3) is 0.486. The van der Waals surface area contributed by atoms with Crippen molar-refractivity contribution in [2.24, 2.45) is 10.9 Å². The molecule has 0 radical (unpaired) electrons. The molecular formula is C35H45FN5O+. The van der Waals surface area contributed by atoms with Gasteiger partial charge in [-0.1, -0.05) is 37.1 Å². The van der Waals surface area contributed by atoms with Crippen molar-refractivity contribution in [3.8, 4) is 0 Å². The zero-order valence-electron chi connectivity index (χ0n) is 25.4. The molecule has 6 nitrogen and oxygen atoms in total. The number of halogens is 1. The molecule has 1 N–H and O–H groups in total. The molecule has 0 amide bonds. The van der Waals surface area contributed by atoms with Gasteiger partial charge in [-0.25, -0.2) is 14.0 Å². The van der Waals surface area contributed by atoms with E-state index in [2.05, 4.69) is 51.0 Å². The molecule has 1 fully saturated rings. The number of nitrogens with zero attached hydrogens (tertiary/aromatic N) is 4. The van der Waals surface area contributed by atoms with Gasteiger partial charge in [0.1, 0.15) is 24.9 Å². The third-order valence-electron chi connectivity index (χ3n) is 8.90. The average Bonchev–Trinajstić information content (AvgIpc) is 3.26. The van der Waals surface area contributed by atoms with E-state index in [1.807, 2.05) is 27.6 Å². The van der Waals surface area contributed by atoms with Crippen molar-refractivity contribution in [2.45, 2.75) is 90.8 Å². The Bertz CT molecular complexity index is 1440. The quantitative estimate of drug-likeness (QED) is 0.186. The SMILES string of the molecule is C=[N+](CC)C1C=C(C)CC(CNC2CCC(C(=O)CCCC)CC2)=Nc2c(C3=Cc4cc(F)ccc4CC=C3)cnn21. The summed E-state index contributed by atoms with van der Waals surface area (Å²) in [5.74, 6) is 1.24. The molecule has 0 saturated heterocycles. The topological polar surface area (TPSA) is 62.3 Å². The summed E-state index contributed by atoms with van der Waals surface area (Å²) in [5.41, 5.74) is 6.16. The van der Waals surface area contributed by atoms with Gasteiger partial charge in [0.25, 0.3) is 6.17 Å². The molecule has 1 aromatic carbocycles. The first-order chi connectivity index (χ1) is 20.4. The van der Waals surface area contributed by atoms with Gasteiger partial charge in [-0.2, -0.15) is 9.78 Å². The summed E-state index contributed by atoms with van der Waals surface area (Å²) in [5, 5.41) is 8.60. The Labute approximate surface area is 249 Å². The van der Waals surface area contributed by atoms with Crippen LogP contribution in [0.5, 0.6) is 0 Å². The van der Waals surface area contributed by atoms with Gasteiger partial charge in [0.2, 0.25) is 0 Å². The monoisotopic (exact) mass is 570 g/mol. The van der Waals surface area contributed by atoms with Crippen molar-refractivity contribution >= 4 is 35.7 Å². The summed E-state index contributed by atoms with van der Waals surface area (Å²) in [6.45, 7) is 12.1. The number of likely N-dealkylation sites (N-methyl/N-ethyl adjacent to an activating group) is 1. The minimum atomic E-state index is -0.237. The van der Waals surface area contributed by atoms with Crippen molar-refractivity contribution in [1.29, 1.82) is 0 Å². The van der Waals surface area contributed by atoms with Crippen LogP contribution >= 0.6 is 0 Å². The van der Waals surface area contributed by atoms with Gasteiger partial charge in [0, 0.05) is 48.7 Å². The molecule has 5 rings (SSSR count). The first kappa shape index (κ1) is 30.0. The van der Waals surface area contributed by atoms with E-state index in [0.717, 1.165) is 98.1 Å². The lowest BCUT2D eigenvalue weighted by atomic mass is 9.82. The molecule has 0 spiro atoms. The third kappa shape index (κ3) is 6.95. The van der Waals surface area contributed by atoms with Crippen molar-refractivity contribution in [2.75, 3.05) is 13.1 Å². The number of aliphatic imine (C=N–C) groups is 1. The van der Waals surface area contributed by atoms with Crippen LogP contribution in [0.15, 0.2) is 53.2 Å². The molecule has 2 aliphatic carbocycles. The first-order valence-corrected chi connectivity index (χ1v) is 15.7. The zero-order valence-corrected chi connectivity index (χ0v) is 25.4. The maximum absolute atomic E-state index is 14.2. The Morgan fingerprint density at radius 3 is 2.79 bits per heavy atom. The van der Waals surface area contributed by atoms with E-state index >= 15 is 0 Å². The van der Waals surface area contributed by atoms with E-state index in [1.54, 1.807) is 6.07 Å². The second-order valence-corrected chi connectivity index (χ2v) is 12.1. The summed E-state index contributed by atoms with van der Waals surface area (Å²) in [6.07, 6.45) is 18.5. The number of Topliss-reactive ketones (excluding diaryl/α,β-unsaturated/α-hetero) is 1. The molecule has 0 bridgehead atoms. The van der Waals surface area contributed by atoms with E-state index in [4.69, 9.17) is 10.1 Å². The number of nitrogens with one attached hydrogen (secondary N) is 1. The fourth-order valence-electron chi connectivity index (χ4n) is 6.33. The highest BCUT2D eigenvalue weighted by Crippen LogP contribution is 2.36. The molecule has 1 aromatic heterocycles. The van der Waals surface area contributed by atoms with Gasteiger partial charge in [-0.3, -0.25) is 4.79 Å². The smallest absolute Gasteiger partial charge is 0.268 e. The van der Waals surface area contributed by atoms with Gasteiger partial charge >= 0.3 is 0 Å². The summed E-state index contributed by atoms with van der Waals surface area (Å²) >= 11 is 0. The van der Waals surface area contributed by atoms with E-state index in [-0.39, 0.29) is 17.9 Å². The van der Waals surface area contributed by atoms with Crippen molar-refractivity contribution < 1.29 is 13.8 Å². The maximum Gasteiger partial charge on any atom is 0.268 e. The minimum absolute atomic E-state index is 0.155. The Morgan fingerprint density at radius 1 is 1.21 bits per heavy atom. The number of carbonyl (C=O) groups is 1. The van der Waals surface area contributed by atoms with Crippen LogP contribution in [0.1, 0.15) is 95.0 Å². The fourth-order valence-corrected chi connectivity index (χ4v) is 6.33. The molecule has 3 aliphatic rings. The van der Waals surface area contributed by atoms with Gasteiger partial charge in [0.05, 0.1) is 6.20 Å². The second kappa shape index (κ2) is 13.7. The lowest BCUT2D eigenvalue weighted by Gasteiger charge is -2.29. The van der Waals surface area contributed by atoms with Crippen LogP contribution in [0.2, 0.25) is 0 Å². The van der Waals surface area contributed by atoms with Crippen molar-refractivity contribution in [1.82, 2.24) is 15.1 Å². The number of fused-ring (bicyclic) bond motifs is 2. The highest BCUT2D eigenvalue weighted by atomic mass is 19.1. The van der Waals surface area contributed by atoms with Gasteiger partial charge < -0.3 is 5.32 Å². The van der Waals surface area contributed by atoms with Crippen LogP contribution in [0.25, 0.3) is 11.6 Å². The van der Waals surface area contributed by atoms with E-state index in [0.29, 0.717) is 18.4 Å². The van der Waals surface area contributed by atoms with Crippen LogP contribution in [0.4, 0.5) is 10.2 Å². The molecule has 7 heteroatoms. The summed E-state index contributed by atoms with van der Waals surface area (Å²) in [6, 6.07) is 5.38. The predicted molar refractivity (Wildman–Crippen MR) is 170 cm³/mol. The van der Waals surface area contributed by atoms with Crippen LogP contribution < -0.4 is 5.32 Å². The molecular weight excluding hydrogens is 525 g/mol. The van der Waals surface area contributed by atoms with Gasteiger partial charge in [0.15, 0.2) is 5.82 Å². The number of aromatic nitrogens is 2. The van der Waals surface area contributed by atoms with Crippen LogP contribution in [-0.2, 0) is 11.2 Å². The van der Waals surface area contributed by atoms with Crippen molar-refractivity contribution in [3.63, 3.8) is 0 Å². The van der Waals surface area contributed by atoms with E-state index in [9.17, 15) is 9.18 Å². The Morgan fingerprint density at radius 2 is 2.02 bits per heavy atom. The molecule has 222 valence electrons. The third-order valence-corrected chi connectivity index (χ3v) is 8.90. The normalized spacial score (nSPS) is 22.1. The number of rotatable bonds is 10. The number of benzene rings is 1. The molecule has 2 heterocycles. The van der Waals surface area contributed by atoms with E-state index in [1.165, 1.54) is 11.6 Å². The highest BCUT2D eigenvalue weighted by Gasteiger charge is 2.29. The minimum Gasteiger partial charge on any atom is -0.309 e. The summed E-state index contributed by atoms with van der Waals surface area (Å²) in [4.78, 5) is 17.8. The van der Waals surface area contributed by atoms with Crippen LogP contribution in [0, 0.1) is 11.7 Å². The standard InChI is InChI=1S/C35H45FN5O/c1-5-7-11-33(42)26-13-16-30(17-14-26)37-22-31-18-24(3)19-34(40(4)6-2)41-35(39-31)32(23-38-41)27-10-8-9-25-12-15-29(36)21-28(25)20-27/h8,10,12,15,19-21,23,26,30,34,37H,4-7,9,11,13-14,16-18,22H2,1-3H3/q+1. The molecule has 2 aromatic rings. The lowest BCUT2D eigenvalue weighted by Crippen LogP contribution is -2.38. The number of allylic oxidation sites excluding steroid dienone is 4. The molecule has 1 unspecified atom stereocenters. The lowest BCUT2D eigenvalue weighted by molar-refractivity contribution is -0.567. The highest BCUT2D eigenvalue weighted by molar-refractivity contribution is 5.95. The van der Waals surface area contributed by atoms with E-state index < -0.39 is 0 Å². The molecule has 42 heavy (non-hydrogen) atoms. The second-order valence-electron chi connectivity index (χ2n) is 12.1. The first-order valence-electron chi connectivity index (χ1n) is 15.7. The summed E-state index contributed by atoms with van der Waals surface area (Å²) < 4.78 is 18.1. The molecule has 1 saturated carbocycles. The Hall–Kier alpha value is -3.45. The Kier molecular flexibility index (Phi) is 9.78. The molecule has 1 aliphatic heterocycles. The molecule has 1 atom stereocenters. The number of ketones is 1. The average molecular weight is 571 g/mol. The summed E-state index contributed by atoms with van der Waals surface area (Å²) in [7, 11) is 0. The largest absolute Gasteiger partial charge is 0.309 e. The van der Waals surface area contributed by atoms with Crippen LogP contribution in [-0.4, -0.2) is 51.7 Å². The van der Waals surface area contributed by atoms with Gasteiger partial charge in [-0.05, 0) is 87.3 Å². The number of carbonyl (C=O) groups excluding carboxylic acids is 1.